The second-order valence-electron chi connectivity index (χ2n) is 4.88. The topological polar surface area (TPSA) is 49.7 Å². The number of benzene rings is 1. The molecule has 4 nitrogen and oxygen atoms in total. The first-order valence-corrected chi connectivity index (χ1v) is 9.27. The van der Waals surface area contributed by atoms with Crippen LogP contribution in [0.5, 0.6) is 0 Å². The number of hydrogen-bond acceptors (Lipinski definition) is 5. The van der Waals surface area contributed by atoms with Crippen molar-refractivity contribution in [2.45, 2.75) is 19.0 Å². The molecule has 0 aliphatic carbocycles. The van der Waals surface area contributed by atoms with E-state index in [0.29, 0.717) is 5.69 Å². The Labute approximate surface area is 122 Å². The number of fused-ring (bicyclic) bond motifs is 1. The molecule has 0 bridgehead atoms. The molecule has 1 fully saturated rings. The smallest absolute Gasteiger partial charge is 0.164 e. The summed E-state index contributed by atoms with van der Waals surface area (Å²) in [6.07, 6.45) is 0. The minimum atomic E-state index is -3.08. The molecule has 1 saturated heterocycles. The molecule has 3 rings (SSSR count). The number of rotatable bonds is 2. The Balaban J connectivity index is 2.03. The molecule has 2 heterocycles. The number of aliphatic imine (C=N–C) groups is 1. The third kappa shape index (κ3) is 2.33. The Morgan fingerprint density at radius 1 is 1.40 bits per heavy atom. The lowest BCUT2D eigenvalue weighted by Crippen LogP contribution is -2.39. The van der Waals surface area contributed by atoms with Crippen molar-refractivity contribution in [2.24, 2.45) is 4.99 Å². The minimum Gasteiger partial charge on any atom is -0.312 e. The van der Waals surface area contributed by atoms with Crippen molar-refractivity contribution >= 4 is 32.5 Å². The lowest BCUT2D eigenvalue weighted by atomic mass is 10.1. The van der Waals surface area contributed by atoms with Crippen LogP contribution < -0.4 is 4.90 Å². The molecule has 2 atom stereocenters. The van der Waals surface area contributed by atoms with E-state index in [1.165, 1.54) is 17.8 Å². The number of para-hydroxylation sites is 1. The van der Waals surface area contributed by atoms with Gasteiger partial charge in [0.05, 0.1) is 29.3 Å². The van der Waals surface area contributed by atoms with Crippen molar-refractivity contribution in [1.82, 2.24) is 0 Å². The summed E-state index contributed by atoms with van der Waals surface area (Å²) in [5.41, 5.74) is 0.414. The lowest BCUT2D eigenvalue weighted by Gasteiger charge is -2.26. The molecule has 0 radical (unpaired) electrons. The maximum atomic E-state index is 14.0. The van der Waals surface area contributed by atoms with E-state index in [2.05, 4.69) is 4.99 Å². The molecule has 2 aliphatic rings. The van der Waals surface area contributed by atoms with Crippen LogP contribution in [0.2, 0.25) is 0 Å². The predicted octanol–water partition coefficient (Wildman–Crippen LogP) is 1.92. The Kier molecular flexibility index (Phi) is 3.50. The molecule has 7 heteroatoms. The lowest BCUT2D eigenvalue weighted by molar-refractivity contribution is 0.600. The van der Waals surface area contributed by atoms with Gasteiger partial charge in [0.2, 0.25) is 0 Å². The molecule has 108 valence electrons. The largest absolute Gasteiger partial charge is 0.312 e. The van der Waals surface area contributed by atoms with Crippen LogP contribution in [0.15, 0.2) is 29.3 Å². The van der Waals surface area contributed by atoms with E-state index in [0.717, 1.165) is 10.9 Å². The number of thioether (sulfide) groups is 1. The van der Waals surface area contributed by atoms with E-state index in [4.69, 9.17) is 0 Å². The predicted molar refractivity (Wildman–Crippen MR) is 80.7 cm³/mol. The number of nitrogens with zero attached hydrogens (tertiary/aromatic N) is 2. The van der Waals surface area contributed by atoms with E-state index in [1.807, 2.05) is 6.92 Å². The molecule has 0 saturated carbocycles. The van der Waals surface area contributed by atoms with Gasteiger partial charge >= 0.3 is 0 Å². The van der Waals surface area contributed by atoms with E-state index in [-0.39, 0.29) is 29.4 Å². The van der Waals surface area contributed by atoms with Gasteiger partial charge in [-0.2, -0.15) is 0 Å². The fourth-order valence-electron chi connectivity index (χ4n) is 2.69. The minimum absolute atomic E-state index is 0.0449. The average molecular weight is 314 g/mol. The quantitative estimate of drug-likeness (QED) is 0.837. The molecular weight excluding hydrogens is 299 g/mol. The van der Waals surface area contributed by atoms with Crippen LogP contribution in [0.4, 0.5) is 10.1 Å². The van der Waals surface area contributed by atoms with E-state index in [9.17, 15) is 12.8 Å². The summed E-state index contributed by atoms with van der Waals surface area (Å²) in [4.78, 5) is 6.26. The molecule has 0 N–H and O–H groups in total. The summed E-state index contributed by atoms with van der Waals surface area (Å²) in [7, 11) is -3.08. The third-order valence-corrected chi connectivity index (χ3v) is 6.04. The van der Waals surface area contributed by atoms with E-state index >= 15 is 0 Å². The number of amidine groups is 1. The Morgan fingerprint density at radius 2 is 2.15 bits per heavy atom. The zero-order valence-electron chi connectivity index (χ0n) is 11.0. The second-order valence-corrected chi connectivity index (χ2v) is 8.26. The van der Waals surface area contributed by atoms with Gasteiger partial charge in [0, 0.05) is 0 Å². The van der Waals surface area contributed by atoms with Crippen LogP contribution in [0.3, 0.4) is 0 Å². The molecule has 20 heavy (non-hydrogen) atoms. The summed E-state index contributed by atoms with van der Waals surface area (Å²) >= 11 is 1.52. The molecule has 1 aromatic rings. The van der Waals surface area contributed by atoms with Gasteiger partial charge in [-0.05, 0) is 17.9 Å². The Bertz CT molecular complexity index is 660. The Hall–Kier alpha value is -1.08. The van der Waals surface area contributed by atoms with Gasteiger partial charge in [-0.15, -0.1) is 0 Å². The van der Waals surface area contributed by atoms with Gasteiger partial charge in [-0.3, -0.25) is 4.99 Å². The summed E-state index contributed by atoms with van der Waals surface area (Å²) < 4.78 is 37.6. The number of halogens is 1. The van der Waals surface area contributed by atoms with Crippen molar-refractivity contribution < 1.29 is 12.8 Å². The highest BCUT2D eigenvalue weighted by Crippen LogP contribution is 2.35. The number of sulfone groups is 1. The van der Waals surface area contributed by atoms with Gasteiger partial charge in [0.25, 0.3) is 0 Å². The summed E-state index contributed by atoms with van der Waals surface area (Å²) in [5.74, 6) is 0.581. The van der Waals surface area contributed by atoms with Gasteiger partial charge in [-0.25, -0.2) is 12.8 Å². The van der Waals surface area contributed by atoms with Crippen molar-refractivity contribution in [2.75, 3.05) is 22.2 Å². The molecular formula is C13H15FN2O2S2. The average Bonchev–Trinajstić information content (AvgIpc) is 2.82. The number of hydrogen-bond donors (Lipinski definition) is 0. The van der Waals surface area contributed by atoms with Crippen LogP contribution in [0, 0.1) is 5.82 Å². The van der Waals surface area contributed by atoms with Crippen LogP contribution in [-0.2, 0) is 9.84 Å². The standard InChI is InChI=1S/C13H15FN2O2S2/c1-2-19-13-15-10-7-20(17,18)8-12(10)16(13)11-6-4-3-5-9(11)14/h3-6,10,12H,2,7-8H2,1H3. The zero-order valence-corrected chi connectivity index (χ0v) is 12.6. The highest BCUT2D eigenvalue weighted by atomic mass is 32.2. The molecule has 0 spiro atoms. The first-order valence-electron chi connectivity index (χ1n) is 6.46. The first kappa shape index (κ1) is 13.9. The first-order chi connectivity index (χ1) is 9.52. The molecule has 0 amide bonds. The maximum Gasteiger partial charge on any atom is 0.164 e. The van der Waals surface area contributed by atoms with Crippen molar-refractivity contribution in [3.63, 3.8) is 0 Å². The Morgan fingerprint density at radius 3 is 2.85 bits per heavy atom. The number of anilines is 1. The second kappa shape index (κ2) is 5.04. The maximum absolute atomic E-state index is 14.0. The van der Waals surface area contributed by atoms with Gasteiger partial charge in [0.15, 0.2) is 15.0 Å². The van der Waals surface area contributed by atoms with Gasteiger partial charge < -0.3 is 4.90 Å². The van der Waals surface area contributed by atoms with Crippen molar-refractivity contribution in [1.29, 1.82) is 0 Å². The highest BCUT2D eigenvalue weighted by molar-refractivity contribution is 8.14. The van der Waals surface area contributed by atoms with Crippen molar-refractivity contribution in [3.8, 4) is 0 Å². The molecule has 0 aromatic heterocycles. The normalized spacial score (nSPS) is 27.5. The van der Waals surface area contributed by atoms with Gasteiger partial charge in [-0.1, -0.05) is 30.8 Å². The van der Waals surface area contributed by atoms with E-state index in [1.54, 1.807) is 23.1 Å². The summed E-state index contributed by atoms with van der Waals surface area (Å²) in [5, 5.41) is 0.725. The SMILES string of the molecule is CCSC1=NC2CS(=O)(=O)CC2N1c1ccccc1F. The van der Waals surface area contributed by atoms with Crippen LogP contribution in [0.1, 0.15) is 6.92 Å². The van der Waals surface area contributed by atoms with Crippen LogP contribution in [0.25, 0.3) is 0 Å². The molecule has 2 unspecified atom stereocenters. The van der Waals surface area contributed by atoms with E-state index < -0.39 is 9.84 Å². The monoisotopic (exact) mass is 314 g/mol. The summed E-state index contributed by atoms with van der Waals surface area (Å²) in [6, 6.07) is 5.90. The molecule has 2 aliphatic heterocycles. The van der Waals surface area contributed by atoms with Crippen LogP contribution >= 0.6 is 11.8 Å². The highest BCUT2D eigenvalue weighted by Gasteiger charge is 2.47. The fourth-order valence-corrected chi connectivity index (χ4v) is 5.38. The summed E-state index contributed by atoms with van der Waals surface area (Å²) in [6.45, 7) is 2.00. The third-order valence-electron chi connectivity index (χ3n) is 3.49. The zero-order chi connectivity index (χ0) is 14.3. The van der Waals surface area contributed by atoms with Gasteiger partial charge in [0.1, 0.15) is 5.82 Å². The molecule has 1 aromatic carbocycles. The van der Waals surface area contributed by atoms with Crippen molar-refractivity contribution in [3.05, 3.63) is 30.1 Å². The van der Waals surface area contributed by atoms with Crippen LogP contribution in [-0.4, -0.2) is 42.9 Å². The fraction of sp³-hybridized carbons (Fsp3) is 0.462.